The number of nitrogens with zero attached hydrogens (tertiary/aromatic N) is 1. The number of hydrogen-bond donors (Lipinski definition) is 1. The van der Waals surface area contributed by atoms with Crippen molar-refractivity contribution < 1.29 is 14.8 Å². The second kappa shape index (κ2) is 17.5. The quantitative estimate of drug-likeness (QED) is 0.572. The molecule has 5 heteroatoms. The number of likely N-dealkylation sites (tertiary alicyclic amines) is 1. The number of nitrogens with two attached hydrogens (primary N) is 1. The van der Waals surface area contributed by atoms with E-state index < -0.39 is 0 Å². The first kappa shape index (κ1) is 29.1. The molecule has 33 heavy (non-hydrogen) atoms. The summed E-state index contributed by atoms with van der Waals surface area (Å²) in [5.74, 6) is 1.56. The lowest BCUT2D eigenvalue weighted by Gasteiger charge is -2.30. The number of carbonyl (C=O) groups excluding carboxylic acids is 1. The summed E-state index contributed by atoms with van der Waals surface area (Å²) < 4.78 is 6.85. The average molecular weight is 519 g/mol. The summed E-state index contributed by atoms with van der Waals surface area (Å²) in [5.41, 5.74) is 1.17. The van der Waals surface area contributed by atoms with Gasteiger partial charge in [0.05, 0.1) is 36.0 Å². The minimum atomic E-state index is 0.0709. The lowest BCUT2D eigenvalue weighted by Crippen LogP contribution is -2.81. The maximum absolute atomic E-state index is 13.0. The van der Waals surface area contributed by atoms with E-state index in [2.05, 4.69) is 57.9 Å². The molecule has 3 fully saturated rings. The topological polar surface area (TPSA) is 46.1 Å². The summed E-state index contributed by atoms with van der Waals surface area (Å²) in [7, 11) is 0. The minimum Gasteiger partial charge on any atom is -0.492 e. The van der Waals surface area contributed by atoms with Crippen LogP contribution in [0.5, 0.6) is 5.75 Å². The van der Waals surface area contributed by atoms with E-state index in [1.54, 1.807) is 0 Å². The van der Waals surface area contributed by atoms with E-state index >= 15 is 0 Å². The fourth-order valence-electron chi connectivity index (χ4n) is 4.92. The van der Waals surface area contributed by atoms with Crippen LogP contribution >= 0.6 is 15.9 Å². The molecule has 4 nitrogen and oxygen atoms in total. The number of quaternary nitrogens is 1. The number of terminal acetylenes is 2. The van der Waals surface area contributed by atoms with Gasteiger partial charge in [0.2, 0.25) is 5.91 Å². The van der Waals surface area contributed by atoms with E-state index in [1.165, 1.54) is 50.5 Å². The van der Waals surface area contributed by atoms with Crippen molar-refractivity contribution in [2.45, 2.75) is 70.6 Å². The first-order valence-corrected chi connectivity index (χ1v) is 13.2. The average Bonchev–Trinajstić information content (AvgIpc) is 3.39. The third kappa shape index (κ3) is 9.07. The number of rotatable bonds is 4. The summed E-state index contributed by atoms with van der Waals surface area (Å²) in [4.78, 5) is 15.1. The zero-order valence-electron chi connectivity index (χ0n) is 20.3. The SMILES string of the molecule is C#C.C#C.C1CCCCC1.CCOc1c(Br)cccc1[C@@H]1C[NH2+]CC1C(=O)N1CCCCC1. The highest BCUT2D eigenvalue weighted by molar-refractivity contribution is 9.10. The van der Waals surface area contributed by atoms with Gasteiger partial charge >= 0.3 is 0 Å². The van der Waals surface area contributed by atoms with Gasteiger partial charge < -0.3 is 15.0 Å². The molecule has 0 spiro atoms. The van der Waals surface area contributed by atoms with Crippen LogP contribution in [0, 0.1) is 31.6 Å². The smallest absolute Gasteiger partial charge is 0.232 e. The van der Waals surface area contributed by atoms with Gasteiger partial charge in [-0.05, 0) is 48.2 Å². The molecule has 1 unspecified atom stereocenters. The Hall–Kier alpha value is -1.95. The van der Waals surface area contributed by atoms with Crippen LogP contribution in [-0.4, -0.2) is 43.6 Å². The monoisotopic (exact) mass is 517 g/mol. The highest BCUT2D eigenvalue weighted by Gasteiger charge is 2.41. The van der Waals surface area contributed by atoms with Crippen LogP contribution < -0.4 is 10.1 Å². The van der Waals surface area contributed by atoms with Crippen LogP contribution in [0.25, 0.3) is 0 Å². The van der Waals surface area contributed by atoms with Crippen LogP contribution in [0.3, 0.4) is 0 Å². The molecule has 1 amide bonds. The molecule has 1 aliphatic carbocycles. The molecule has 4 rings (SSSR count). The first-order chi connectivity index (χ1) is 16.2. The molecular weight excluding hydrogens is 476 g/mol. The van der Waals surface area contributed by atoms with Crippen molar-refractivity contribution >= 4 is 21.8 Å². The second-order valence-corrected chi connectivity index (χ2v) is 9.43. The van der Waals surface area contributed by atoms with Crippen molar-refractivity contribution in [2.75, 3.05) is 32.8 Å². The molecule has 0 aromatic heterocycles. The molecule has 2 saturated heterocycles. The summed E-state index contributed by atoms with van der Waals surface area (Å²) in [6.07, 6.45) is 28.5. The van der Waals surface area contributed by atoms with Gasteiger partial charge in [-0.2, -0.15) is 0 Å². The van der Waals surface area contributed by atoms with Gasteiger partial charge in [0.15, 0.2) is 0 Å². The normalized spacial score (nSPS) is 21.7. The number of piperidine rings is 1. The summed E-state index contributed by atoms with van der Waals surface area (Å²) in [6, 6.07) is 6.17. The van der Waals surface area contributed by atoms with Crippen LogP contribution in [0.15, 0.2) is 22.7 Å². The van der Waals surface area contributed by atoms with E-state index in [4.69, 9.17) is 4.74 Å². The second-order valence-electron chi connectivity index (χ2n) is 8.57. The molecule has 3 aliphatic rings. The van der Waals surface area contributed by atoms with E-state index in [1.807, 2.05) is 19.1 Å². The summed E-state index contributed by atoms with van der Waals surface area (Å²) in [6.45, 7) is 6.34. The molecule has 2 aliphatic heterocycles. The molecule has 0 radical (unpaired) electrons. The number of halogens is 1. The van der Waals surface area contributed by atoms with E-state index in [9.17, 15) is 4.79 Å². The molecule has 2 heterocycles. The van der Waals surface area contributed by atoms with Crippen LogP contribution in [0.1, 0.15) is 76.2 Å². The Morgan fingerprint density at radius 2 is 1.52 bits per heavy atom. The molecule has 1 saturated carbocycles. The molecule has 1 aromatic carbocycles. The first-order valence-electron chi connectivity index (χ1n) is 12.4. The van der Waals surface area contributed by atoms with Gasteiger partial charge in [0.25, 0.3) is 0 Å². The molecule has 182 valence electrons. The lowest BCUT2D eigenvalue weighted by atomic mass is 9.87. The van der Waals surface area contributed by atoms with Gasteiger partial charge in [-0.1, -0.05) is 50.7 Å². The highest BCUT2D eigenvalue weighted by Crippen LogP contribution is 2.38. The molecular formula is C28H42BrN2O2+. The van der Waals surface area contributed by atoms with Gasteiger partial charge in [-0.3, -0.25) is 4.79 Å². The fourth-order valence-corrected chi connectivity index (χ4v) is 5.42. The van der Waals surface area contributed by atoms with E-state index in [0.29, 0.717) is 12.5 Å². The van der Waals surface area contributed by atoms with Crippen LogP contribution in [0.4, 0.5) is 0 Å². The van der Waals surface area contributed by atoms with Crippen molar-refractivity contribution in [3.05, 3.63) is 28.2 Å². The molecule has 2 atom stereocenters. The Kier molecular flexibility index (Phi) is 15.4. The number of para-hydroxylation sites is 1. The van der Waals surface area contributed by atoms with E-state index in [0.717, 1.165) is 49.2 Å². The van der Waals surface area contributed by atoms with E-state index in [-0.39, 0.29) is 11.8 Å². The van der Waals surface area contributed by atoms with Gasteiger partial charge in [0, 0.05) is 18.7 Å². The van der Waals surface area contributed by atoms with Crippen LogP contribution in [0.2, 0.25) is 0 Å². The fraction of sp³-hybridized carbons (Fsp3) is 0.607. The summed E-state index contributed by atoms with van der Waals surface area (Å²) >= 11 is 3.60. The molecule has 2 N–H and O–H groups in total. The van der Waals surface area contributed by atoms with Crippen molar-refractivity contribution in [3.63, 3.8) is 0 Å². The Morgan fingerprint density at radius 3 is 2.06 bits per heavy atom. The zero-order chi connectivity index (χ0) is 24.5. The third-order valence-electron chi connectivity index (χ3n) is 6.50. The third-order valence-corrected chi connectivity index (χ3v) is 7.12. The number of amides is 1. The number of hydrogen-bond acceptors (Lipinski definition) is 2. The van der Waals surface area contributed by atoms with Gasteiger partial charge in [-0.15, -0.1) is 25.7 Å². The van der Waals surface area contributed by atoms with Crippen molar-refractivity contribution in [2.24, 2.45) is 5.92 Å². The summed E-state index contributed by atoms with van der Waals surface area (Å²) in [5, 5.41) is 2.27. The maximum atomic E-state index is 13.0. The molecule has 1 aromatic rings. The van der Waals surface area contributed by atoms with Crippen molar-refractivity contribution in [1.29, 1.82) is 0 Å². The number of ether oxygens (including phenoxy) is 1. The Bertz CT molecular complexity index is 704. The van der Waals surface area contributed by atoms with Crippen molar-refractivity contribution in [1.82, 2.24) is 4.90 Å². The Balaban J connectivity index is 0.000000460. The van der Waals surface area contributed by atoms with Gasteiger partial charge in [-0.25, -0.2) is 0 Å². The standard InChI is InChI=1S/C18H25BrN2O2.C6H12.2C2H2/c1-2-23-17-13(7-6-8-16(17)19)14-11-20-12-15(14)18(22)21-9-4-3-5-10-21;1-2-4-6-5-3-1;2*1-2/h6-8,14-15,20H,2-5,9-12H2,1H3;1-6H2;2*1-2H/p+1/t14-,15?;;;/m0.../s1. The number of benzene rings is 1. The molecule has 0 bridgehead atoms. The van der Waals surface area contributed by atoms with Crippen LogP contribution in [-0.2, 0) is 4.79 Å². The van der Waals surface area contributed by atoms with Crippen molar-refractivity contribution in [3.8, 4) is 31.4 Å². The maximum Gasteiger partial charge on any atom is 0.232 e. The minimum absolute atomic E-state index is 0.0709. The Morgan fingerprint density at radius 1 is 0.970 bits per heavy atom. The predicted octanol–water partition coefficient (Wildman–Crippen LogP) is 4.98. The predicted molar refractivity (Wildman–Crippen MR) is 141 cm³/mol. The zero-order valence-corrected chi connectivity index (χ0v) is 21.9. The highest BCUT2D eigenvalue weighted by atomic mass is 79.9. The number of carbonyl (C=O) groups is 1. The Labute approximate surface area is 210 Å². The lowest BCUT2D eigenvalue weighted by molar-refractivity contribution is -0.638. The van der Waals surface area contributed by atoms with Gasteiger partial charge in [0.1, 0.15) is 5.75 Å². The largest absolute Gasteiger partial charge is 0.492 e.